The summed E-state index contributed by atoms with van der Waals surface area (Å²) in [5.74, 6) is 2.00. The maximum Gasteiger partial charge on any atom is 0.242 e. The van der Waals surface area contributed by atoms with Crippen molar-refractivity contribution in [2.24, 2.45) is 11.8 Å². The van der Waals surface area contributed by atoms with E-state index in [0.29, 0.717) is 0 Å². The highest BCUT2D eigenvalue weighted by Crippen LogP contribution is 2.66. The molecule has 0 heterocycles. The average molecular weight is 943 g/mol. The summed E-state index contributed by atoms with van der Waals surface area (Å²) in [7, 11) is 0. The molecule has 5 aliphatic carbocycles. The zero-order valence-corrected chi connectivity index (χ0v) is 43.7. The van der Waals surface area contributed by atoms with Crippen LogP contribution in [0.3, 0.4) is 0 Å². The van der Waals surface area contributed by atoms with Crippen molar-refractivity contribution >= 4 is 23.1 Å². The van der Waals surface area contributed by atoms with Crippen LogP contribution in [0.15, 0.2) is 200 Å². The first kappa shape index (κ1) is 45.9. The molecule has 4 bridgehead atoms. The van der Waals surface area contributed by atoms with Gasteiger partial charge in [-0.3, -0.25) is 0 Å². The number of hydrogen-bond donors (Lipinski definition) is 0. The molecule has 9 aromatic rings. The lowest BCUT2D eigenvalue weighted by atomic mass is 9.34. The zero-order valence-electron chi connectivity index (χ0n) is 43.7. The van der Waals surface area contributed by atoms with Crippen molar-refractivity contribution in [1.82, 2.24) is 0 Å². The average Bonchev–Trinajstić information content (AvgIpc) is 3.71. The Kier molecular flexibility index (Phi) is 11.3. The van der Waals surface area contributed by atoms with Gasteiger partial charge in [0.25, 0.3) is 0 Å². The van der Waals surface area contributed by atoms with Crippen LogP contribution in [0, 0.1) is 53.4 Å². The van der Waals surface area contributed by atoms with Crippen LogP contribution in [0.1, 0.15) is 128 Å². The highest BCUT2D eigenvalue weighted by molar-refractivity contribution is 6.96. The highest BCUT2D eigenvalue weighted by atomic mass is 14.6. The fourth-order valence-corrected chi connectivity index (χ4v) is 16.3. The summed E-state index contributed by atoms with van der Waals surface area (Å²) < 4.78 is 0. The van der Waals surface area contributed by atoms with E-state index in [9.17, 15) is 0 Å². The molecule has 0 spiro atoms. The van der Waals surface area contributed by atoms with Gasteiger partial charge in [-0.15, -0.1) is 0 Å². The Morgan fingerprint density at radius 1 is 0.411 bits per heavy atom. The Morgan fingerprint density at radius 3 is 1.34 bits per heavy atom. The van der Waals surface area contributed by atoms with Crippen LogP contribution in [0.5, 0.6) is 0 Å². The van der Waals surface area contributed by atoms with E-state index in [4.69, 9.17) is 0 Å². The van der Waals surface area contributed by atoms with Crippen LogP contribution in [0.25, 0.3) is 22.3 Å². The predicted molar refractivity (Wildman–Crippen MR) is 309 cm³/mol. The quantitative estimate of drug-likeness (QED) is 0.0947. The molecular weight excluding hydrogens is 876 g/mol. The zero-order chi connectivity index (χ0) is 49.6. The fraction of sp³-hybridized carbons (Fsp3) is 0.250. The molecular formula is C72H67B. The molecule has 14 rings (SSSR count). The van der Waals surface area contributed by atoms with Gasteiger partial charge < -0.3 is 0 Å². The summed E-state index contributed by atoms with van der Waals surface area (Å²) in [4.78, 5) is 0. The second kappa shape index (κ2) is 17.9. The summed E-state index contributed by atoms with van der Waals surface area (Å²) in [6, 6.07) is 77.8. The minimum Gasteiger partial charge on any atom is -0.0680 e. The third kappa shape index (κ3) is 7.89. The number of benzene rings is 9. The predicted octanol–water partition coefficient (Wildman–Crippen LogP) is 15.9. The Morgan fingerprint density at radius 2 is 0.836 bits per heavy atom. The number of hydrogen-bond acceptors (Lipinski definition) is 0. The van der Waals surface area contributed by atoms with Gasteiger partial charge in [0.15, 0.2) is 0 Å². The molecule has 5 aliphatic rings. The van der Waals surface area contributed by atoms with Crippen molar-refractivity contribution in [3.05, 3.63) is 278 Å². The van der Waals surface area contributed by atoms with Crippen LogP contribution in [-0.2, 0) is 10.8 Å². The van der Waals surface area contributed by atoms with Crippen LogP contribution in [0.4, 0.5) is 0 Å². The lowest BCUT2D eigenvalue weighted by Gasteiger charge is -2.63. The number of fused-ring (bicyclic) bond motifs is 3. The summed E-state index contributed by atoms with van der Waals surface area (Å²) >= 11 is 0. The van der Waals surface area contributed by atoms with Crippen LogP contribution in [-0.4, -0.2) is 6.71 Å². The molecule has 9 aromatic carbocycles. The molecule has 1 heteroatoms. The summed E-state index contributed by atoms with van der Waals surface area (Å²) in [5.41, 5.74) is 29.6. The highest BCUT2D eigenvalue weighted by Gasteiger charge is 2.58. The van der Waals surface area contributed by atoms with Crippen LogP contribution in [0.2, 0.25) is 0 Å². The molecule has 73 heavy (non-hydrogen) atoms. The molecule has 0 aliphatic heterocycles. The molecule has 0 nitrogen and oxygen atoms in total. The van der Waals surface area contributed by atoms with Gasteiger partial charge in [0, 0.05) is 11.8 Å². The molecule has 4 fully saturated rings. The lowest BCUT2D eigenvalue weighted by Crippen LogP contribution is -2.55. The standard InChI is InChI=1S/C72H67B/c1-46-34-48(3)69(49(4)35-46)73(70-50(5)36-47(2)37-51(70)6)62-31-33-64-66(40-62)65-39-59(26-32-63(65)68(64)57-20-14-9-15-21-57)54-22-27-60(28-23-54)71-41-52-38-53(42-71)44-72(43-52,45-71)61-29-24-58(25-30-61)67(55-16-10-7-11-17-55)56-18-12-8-13-19-56/h7-37,39-40,52-53,67-68H,38,41-45H2,1-6H3/t52-,53?,68?,71?,72?/m0/s1. The Labute approximate surface area is 435 Å². The molecule has 358 valence electrons. The lowest BCUT2D eigenvalue weighted by molar-refractivity contribution is -0.0281. The van der Waals surface area contributed by atoms with Crippen molar-refractivity contribution in [3.8, 4) is 22.3 Å². The molecule has 0 N–H and O–H groups in total. The van der Waals surface area contributed by atoms with E-state index in [-0.39, 0.29) is 29.4 Å². The van der Waals surface area contributed by atoms with Crippen molar-refractivity contribution in [3.63, 3.8) is 0 Å². The van der Waals surface area contributed by atoms with E-state index in [0.717, 1.165) is 11.8 Å². The Hall–Kier alpha value is -6.96. The molecule has 0 amide bonds. The molecule has 4 unspecified atom stereocenters. The first-order valence-corrected chi connectivity index (χ1v) is 27.3. The van der Waals surface area contributed by atoms with Crippen LogP contribution < -0.4 is 16.4 Å². The van der Waals surface area contributed by atoms with E-state index in [1.165, 1.54) is 144 Å². The Bertz CT molecular complexity index is 3370. The maximum absolute atomic E-state index is 2.58. The van der Waals surface area contributed by atoms with Gasteiger partial charge in [-0.2, -0.15) is 0 Å². The topological polar surface area (TPSA) is 0 Å². The SMILES string of the molecule is Cc1cc(C)c(B(c2ccc3c(c2)-c2cc(-c4ccc(C56CC7C[C@@H](C5)CC(c5ccc(C(c8ccccc8)c8ccccc8)cc5)(C7)C6)cc4)ccc2C3c2ccccc2)c2c(C)cc(C)cc2C)c(C)c1. The van der Waals surface area contributed by atoms with Gasteiger partial charge in [-0.05, 0) is 176 Å². The second-order valence-electron chi connectivity index (χ2n) is 23.5. The summed E-state index contributed by atoms with van der Waals surface area (Å²) in [6.07, 6.45) is 7.99. The summed E-state index contributed by atoms with van der Waals surface area (Å²) in [5, 5.41) is 0. The van der Waals surface area contributed by atoms with E-state index in [2.05, 4.69) is 242 Å². The van der Waals surface area contributed by atoms with Gasteiger partial charge in [0.2, 0.25) is 6.71 Å². The minimum absolute atomic E-state index is 0.121. The first-order valence-electron chi connectivity index (χ1n) is 27.3. The van der Waals surface area contributed by atoms with Gasteiger partial charge in [0.05, 0.1) is 0 Å². The van der Waals surface area contributed by atoms with Gasteiger partial charge in [-0.1, -0.05) is 244 Å². The van der Waals surface area contributed by atoms with E-state index < -0.39 is 0 Å². The van der Waals surface area contributed by atoms with Gasteiger partial charge in [-0.25, -0.2) is 0 Å². The third-order valence-electron chi connectivity index (χ3n) is 18.6. The molecule has 0 radical (unpaired) electrons. The van der Waals surface area contributed by atoms with Crippen molar-refractivity contribution in [1.29, 1.82) is 0 Å². The first-order chi connectivity index (χ1) is 35.5. The monoisotopic (exact) mass is 943 g/mol. The molecule has 5 atom stereocenters. The van der Waals surface area contributed by atoms with Crippen molar-refractivity contribution in [2.75, 3.05) is 0 Å². The number of aryl methyl sites for hydroxylation is 6. The van der Waals surface area contributed by atoms with Gasteiger partial charge in [0.1, 0.15) is 0 Å². The fourth-order valence-electron chi connectivity index (χ4n) is 16.3. The molecule has 4 saturated carbocycles. The molecule has 0 aromatic heterocycles. The van der Waals surface area contributed by atoms with Gasteiger partial charge >= 0.3 is 0 Å². The Balaban J connectivity index is 0.852. The minimum atomic E-state index is 0.121. The second-order valence-corrected chi connectivity index (χ2v) is 23.5. The van der Waals surface area contributed by atoms with E-state index >= 15 is 0 Å². The maximum atomic E-state index is 2.58. The summed E-state index contributed by atoms with van der Waals surface area (Å²) in [6.45, 7) is 13.9. The number of rotatable bonds is 10. The largest absolute Gasteiger partial charge is 0.242 e. The van der Waals surface area contributed by atoms with Crippen molar-refractivity contribution < 1.29 is 0 Å². The van der Waals surface area contributed by atoms with Crippen LogP contribution >= 0.6 is 0 Å². The van der Waals surface area contributed by atoms with E-state index in [1.54, 1.807) is 11.1 Å². The third-order valence-corrected chi connectivity index (χ3v) is 18.6. The smallest absolute Gasteiger partial charge is 0.0680 e. The van der Waals surface area contributed by atoms with E-state index in [1.807, 2.05) is 0 Å². The van der Waals surface area contributed by atoms with Crippen molar-refractivity contribution in [2.45, 2.75) is 103 Å². The normalized spacial score (nSPS) is 21.3. The molecule has 0 saturated heterocycles.